The van der Waals surface area contributed by atoms with Gasteiger partial charge in [-0.3, -0.25) is 0 Å². The molecule has 2 N–H and O–H groups in total. The standard InChI is InChI=1S/C21H32O3/c1-20-9-8-18-16(17(20)5-6-19(20)23)4-3-14-13-15(22)7-10-21(14,18)11-12-24-2/h3,11-12,15-19,22-23H,4-10,13H2,1-2H3/b12-11-/t15-,16?,17?,18?,19-,20-,21+/m0/s1. The molecular weight excluding hydrogens is 300 g/mol. The minimum Gasteiger partial charge on any atom is -0.505 e. The van der Waals surface area contributed by atoms with Crippen LogP contribution >= 0.6 is 0 Å². The van der Waals surface area contributed by atoms with E-state index in [-0.39, 0.29) is 23.0 Å². The van der Waals surface area contributed by atoms with Crippen LogP contribution in [0.2, 0.25) is 0 Å². The topological polar surface area (TPSA) is 49.7 Å². The lowest BCUT2D eigenvalue weighted by Crippen LogP contribution is -2.51. The Bertz CT molecular complexity index is 553. The largest absolute Gasteiger partial charge is 0.505 e. The third kappa shape index (κ3) is 2.24. The molecule has 0 aromatic heterocycles. The van der Waals surface area contributed by atoms with Gasteiger partial charge in [-0.15, -0.1) is 0 Å². The van der Waals surface area contributed by atoms with Crippen LogP contribution in [0.3, 0.4) is 0 Å². The van der Waals surface area contributed by atoms with E-state index in [9.17, 15) is 10.2 Å². The highest BCUT2D eigenvalue weighted by Crippen LogP contribution is 2.65. The molecule has 4 rings (SSSR count). The molecule has 4 aliphatic rings. The molecule has 0 amide bonds. The van der Waals surface area contributed by atoms with Gasteiger partial charge in [0.05, 0.1) is 25.6 Å². The Kier molecular flexibility index (Phi) is 4.08. The van der Waals surface area contributed by atoms with Crippen molar-refractivity contribution in [2.75, 3.05) is 7.11 Å². The maximum Gasteiger partial charge on any atom is 0.0793 e. The number of ether oxygens (including phenoxy) is 1. The van der Waals surface area contributed by atoms with Crippen molar-refractivity contribution in [1.29, 1.82) is 0 Å². The molecule has 3 nitrogen and oxygen atoms in total. The third-order valence-corrected chi connectivity index (χ3v) is 8.13. The van der Waals surface area contributed by atoms with Crippen LogP contribution < -0.4 is 0 Å². The second-order valence-corrected chi connectivity index (χ2v) is 8.95. The summed E-state index contributed by atoms with van der Waals surface area (Å²) in [5, 5.41) is 20.7. The number of methoxy groups -OCH3 is 1. The molecule has 3 fully saturated rings. The van der Waals surface area contributed by atoms with Crippen molar-refractivity contribution in [3.63, 3.8) is 0 Å². The fraction of sp³-hybridized carbons (Fsp3) is 0.810. The van der Waals surface area contributed by atoms with E-state index < -0.39 is 0 Å². The molecule has 134 valence electrons. The third-order valence-electron chi connectivity index (χ3n) is 8.13. The molecule has 0 aromatic carbocycles. The lowest BCUT2D eigenvalue weighted by molar-refractivity contribution is -0.0646. The van der Waals surface area contributed by atoms with Crippen molar-refractivity contribution >= 4 is 0 Å². The van der Waals surface area contributed by atoms with Crippen LogP contribution in [0.5, 0.6) is 0 Å². The number of hydrogen-bond donors (Lipinski definition) is 2. The molecule has 3 saturated carbocycles. The first-order chi connectivity index (χ1) is 11.5. The van der Waals surface area contributed by atoms with E-state index in [1.54, 1.807) is 7.11 Å². The summed E-state index contributed by atoms with van der Waals surface area (Å²) >= 11 is 0. The lowest BCUT2D eigenvalue weighted by atomic mass is 9.47. The Hall–Kier alpha value is -0.800. The summed E-state index contributed by atoms with van der Waals surface area (Å²) in [5.74, 6) is 1.95. The Labute approximate surface area is 145 Å². The molecule has 4 aliphatic carbocycles. The van der Waals surface area contributed by atoms with Crippen LogP contribution in [0.25, 0.3) is 0 Å². The second-order valence-electron chi connectivity index (χ2n) is 8.95. The zero-order valence-corrected chi connectivity index (χ0v) is 15.1. The predicted octanol–water partition coefficient (Wildman–Crippen LogP) is 3.81. The highest BCUT2D eigenvalue weighted by atomic mass is 16.5. The number of fused-ring (bicyclic) bond motifs is 5. The van der Waals surface area contributed by atoms with Crippen LogP contribution in [-0.2, 0) is 4.74 Å². The van der Waals surface area contributed by atoms with Crippen LogP contribution in [-0.4, -0.2) is 29.5 Å². The molecule has 3 heteroatoms. The van der Waals surface area contributed by atoms with E-state index in [4.69, 9.17) is 4.74 Å². The summed E-state index contributed by atoms with van der Waals surface area (Å²) < 4.78 is 5.31. The summed E-state index contributed by atoms with van der Waals surface area (Å²) in [4.78, 5) is 0. The van der Waals surface area contributed by atoms with Gasteiger partial charge in [-0.05, 0) is 80.6 Å². The van der Waals surface area contributed by atoms with Crippen molar-refractivity contribution in [2.24, 2.45) is 28.6 Å². The van der Waals surface area contributed by atoms with Gasteiger partial charge in [0, 0.05) is 5.41 Å². The average molecular weight is 332 g/mol. The van der Waals surface area contributed by atoms with Gasteiger partial charge >= 0.3 is 0 Å². The minimum absolute atomic E-state index is 0.0764. The van der Waals surface area contributed by atoms with Crippen LogP contribution in [0.15, 0.2) is 24.0 Å². The van der Waals surface area contributed by atoms with Gasteiger partial charge in [-0.25, -0.2) is 0 Å². The van der Waals surface area contributed by atoms with Gasteiger partial charge in [-0.1, -0.05) is 18.6 Å². The highest BCUT2D eigenvalue weighted by molar-refractivity contribution is 5.31. The van der Waals surface area contributed by atoms with E-state index in [1.165, 1.54) is 18.4 Å². The van der Waals surface area contributed by atoms with Gasteiger partial charge in [0.1, 0.15) is 0 Å². The molecule has 0 aromatic rings. The smallest absolute Gasteiger partial charge is 0.0793 e. The van der Waals surface area contributed by atoms with Crippen molar-refractivity contribution in [3.8, 4) is 0 Å². The fourth-order valence-electron chi connectivity index (χ4n) is 6.82. The van der Waals surface area contributed by atoms with Crippen LogP contribution in [0.1, 0.15) is 58.3 Å². The number of aliphatic hydroxyl groups is 2. The van der Waals surface area contributed by atoms with E-state index >= 15 is 0 Å². The van der Waals surface area contributed by atoms with Crippen molar-refractivity contribution in [3.05, 3.63) is 24.0 Å². The first kappa shape index (κ1) is 16.7. The molecule has 3 unspecified atom stereocenters. The Morgan fingerprint density at radius 1 is 1.12 bits per heavy atom. The lowest BCUT2D eigenvalue weighted by Gasteiger charge is -2.57. The summed E-state index contributed by atoms with van der Waals surface area (Å²) in [6.07, 6.45) is 14.6. The number of aliphatic hydroxyl groups excluding tert-OH is 2. The predicted molar refractivity (Wildman–Crippen MR) is 94.2 cm³/mol. The van der Waals surface area contributed by atoms with E-state index in [1.807, 2.05) is 6.26 Å². The SMILES string of the molecule is CO/C=C\[C@]12CC[C@H](O)CC1=CCC1C2CC[C@@]2(C)C1CC[C@@H]2O. The Balaban J connectivity index is 1.72. The Morgan fingerprint density at radius 3 is 2.75 bits per heavy atom. The Morgan fingerprint density at radius 2 is 1.96 bits per heavy atom. The van der Waals surface area contributed by atoms with Gasteiger partial charge in [0.25, 0.3) is 0 Å². The summed E-state index contributed by atoms with van der Waals surface area (Å²) in [7, 11) is 1.72. The fourth-order valence-corrected chi connectivity index (χ4v) is 6.82. The number of rotatable bonds is 2. The molecule has 0 bridgehead atoms. The first-order valence-corrected chi connectivity index (χ1v) is 9.77. The van der Waals surface area contributed by atoms with Crippen molar-refractivity contribution in [2.45, 2.75) is 70.5 Å². The van der Waals surface area contributed by atoms with E-state index in [2.05, 4.69) is 19.1 Å². The minimum atomic E-state index is -0.181. The van der Waals surface area contributed by atoms with Crippen LogP contribution in [0, 0.1) is 28.6 Å². The van der Waals surface area contributed by atoms with Crippen LogP contribution in [0.4, 0.5) is 0 Å². The molecule has 24 heavy (non-hydrogen) atoms. The summed E-state index contributed by atoms with van der Waals surface area (Å²) in [6.45, 7) is 2.33. The molecule has 0 heterocycles. The monoisotopic (exact) mass is 332 g/mol. The van der Waals surface area contributed by atoms with Gasteiger partial charge in [0.15, 0.2) is 0 Å². The highest BCUT2D eigenvalue weighted by Gasteiger charge is 2.59. The van der Waals surface area contributed by atoms with E-state index in [0.29, 0.717) is 17.8 Å². The van der Waals surface area contributed by atoms with E-state index in [0.717, 1.165) is 38.5 Å². The molecule has 0 spiro atoms. The summed E-state index contributed by atoms with van der Waals surface area (Å²) in [5.41, 5.74) is 1.64. The molecular formula is C21H32O3. The van der Waals surface area contributed by atoms with Crippen molar-refractivity contribution < 1.29 is 14.9 Å². The molecule has 0 saturated heterocycles. The second kappa shape index (κ2) is 5.88. The maximum atomic E-state index is 10.6. The number of allylic oxidation sites excluding steroid dienone is 2. The quantitative estimate of drug-likeness (QED) is 0.597. The zero-order chi connectivity index (χ0) is 16.9. The molecule has 0 radical (unpaired) electrons. The van der Waals surface area contributed by atoms with Crippen molar-refractivity contribution in [1.82, 2.24) is 0 Å². The molecule has 7 atom stereocenters. The number of hydrogen-bond acceptors (Lipinski definition) is 3. The zero-order valence-electron chi connectivity index (χ0n) is 15.1. The van der Waals surface area contributed by atoms with Gasteiger partial charge < -0.3 is 14.9 Å². The normalized spacial score (nSPS) is 50.8. The first-order valence-electron chi connectivity index (χ1n) is 9.77. The van der Waals surface area contributed by atoms with Gasteiger partial charge in [0.2, 0.25) is 0 Å². The van der Waals surface area contributed by atoms with Gasteiger partial charge in [-0.2, -0.15) is 0 Å². The maximum absolute atomic E-state index is 10.6. The molecule has 0 aliphatic heterocycles. The average Bonchev–Trinajstić information content (AvgIpc) is 2.88. The summed E-state index contributed by atoms with van der Waals surface area (Å²) in [6, 6.07) is 0.